The monoisotopic (exact) mass is 383 g/mol. The fourth-order valence-corrected chi connectivity index (χ4v) is 2.56. The molecule has 0 aliphatic rings. The molecule has 0 amide bonds. The maximum atomic E-state index is 9.34. The van der Waals surface area contributed by atoms with Crippen LogP contribution in [0, 0.1) is 0 Å². The molecule has 136 valence electrons. The predicted octanol–water partition coefficient (Wildman–Crippen LogP) is 4.44. The van der Waals surface area contributed by atoms with Gasteiger partial charge >= 0.3 is 0 Å². The van der Waals surface area contributed by atoms with Crippen LogP contribution < -0.4 is 14.8 Å². The lowest BCUT2D eigenvalue weighted by molar-refractivity contribution is 0.187. The molecule has 2 aromatic rings. The predicted molar refractivity (Wildman–Crippen MR) is 102 cm³/mol. The summed E-state index contributed by atoms with van der Waals surface area (Å²) in [7, 11) is 1.58. The van der Waals surface area contributed by atoms with Crippen LogP contribution in [-0.4, -0.2) is 24.4 Å². The van der Waals surface area contributed by atoms with Gasteiger partial charge in [0.25, 0.3) is 0 Å². The van der Waals surface area contributed by atoms with Crippen molar-refractivity contribution in [1.29, 1.82) is 0 Å². The average Bonchev–Trinajstić information content (AvgIpc) is 2.60. The quantitative estimate of drug-likeness (QED) is 0.707. The molecule has 4 nitrogen and oxygen atoms in total. The molecular weight excluding hydrogens is 361 g/mol. The Kier molecular flexibility index (Phi) is 6.96. The van der Waals surface area contributed by atoms with E-state index in [0.29, 0.717) is 34.7 Å². The molecule has 0 saturated heterocycles. The summed E-state index contributed by atoms with van der Waals surface area (Å²) < 4.78 is 11.3. The lowest BCUT2D eigenvalue weighted by Gasteiger charge is -2.24. The number of hydrogen-bond donors (Lipinski definition) is 2. The van der Waals surface area contributed by atoms with Crippen molar-refractivity contribution < 1.29 is 14.6 Å². The van der Waals surface area contributed by atoms with Gasteiger partial charge in [-0.05, 0) is 31.5 Å². The molecule has 0 unspecified atom stereocenters. The highest BCUT2D eigenvalue weighted by Crippen LogP contribution is 2.34. The van der Waals surface area contributed by atoms with E-state index in [2.05, 4.69) is 5.32 Å². The van der Waals surface area contributed by atoms with Gasteiger partial charge in [0, 0.05) is 33.8 Å². The van der Waals surface area contributed by atoms with Crippen molar-refractivity contribution in [2.45, 2.75) is 32.5 Å². The van der Waals surface area contributed by atoms with E-state index in [4.69, 9.17) is 32.7 Å². The fraction of sp³-hybridized carbons (Fsp3) is 0.368. The molecule has 2 aromatic carbocycles. The van der Waals surface area contributed by atoms with E-state index in [9.17, 15) is 5.11 Å². The van der Waals surface area contributed by atoms with Gasteiger partial charge in [0.2, 0.25) is 0 Å². The van der Waals surface area contributed by atoms with Crippen molar-refractivity contribution in [2.75, 3.05) is 13.7 Å². The number of ether oxygens (including phenoxy) is 2. The molecule has 6 heteroatoms. The topological polar surface area (TPSA) is 50.7 Å². The molecule has 2 N–H and O–H groups in total. The number of benzene rings is 2. The zero-order valence-corrected chi connectivity index (χ0v) is 16.1. The van der Waals surface area contributed by atoms with E-state index in [1.54, 1.807) is 13.2 Å². The van der Waals surface area contributed by atoms with Crippen LogP contribution in [0.1, 0.15) is 25.0 Å². The molecule has 0 radical (unpaired) electrons. The van der Waals surface area contributed by atoms with E-state index in [1.165, 1.54) is 0 Å². The van der Waals surface area contributed by atoms with Gasteiger partial charge < -0.3 is 19.9 Å². The van der Waals surface area contributed by atoms with E-state index < -0.39 is 5.54 Å². The van der Waals surface area contributed by atoms with Crippen molar-refractivity contribution in [2.24, 2.45) is 0 Å². The zero-order chi connectivity index (χ0) is 18.4. The van der Waals surface area contributed by atoms with Crippen LogP contribution >= 0.6 is 23.2 Å². The Hall–Kier alpha value is -1.46. The van der Waals surface area contributed by atoms with Crippen LogP contribution in [-0.2, 0) is 13.2 Å². The fourth-order valence-electron chi connectivity index (χ4n) is 2.15. The summed E-state index contributed by atoms with van der Waals surface area (Å²) in [5, 5.41) is 13.8. The molecule has 0 aliphatic heterocycles. The maximum Gasteiger partial charge on any atom is 0.163 e. The second kappa shape index (κ2) is 8.77. The summed E-state index contributed by atoms with van der Waals surface area (Å²) in [6.45, 7) is 4.69. The average molecular weight is 384 g/mol. The van der Waals surface area contributed by atoms with Gasteiger partial charge in [-0.2, -0.15) is 0 Å². The maximum absolute atomic E-state index is 9.34. The van der Waals surface area contributed by atoms with Crippen LogP contribution in [0.5, 0.6) is 11.5 Å². The highest BCUT2D eigenvalue weighted by molar-refractivity contribution is 6.31. The summed E-state index contributed by atoms with van der Waals surface area (Å²) >= 11 is 12.5. The minimum atomic E-state index is -0.393. The second-order valence-corrected chi connectivity index (χ2v) is 7.18. The van der Waals surface area contributed by atoms with E-state index >= 15 is 0 Å². The molecule has 0 heterocycles. The Morgan fingerprint density at radius 2 is 1.76 bits per heavy atom. The van der Waals surface area contributed by atoms with E-state index in [0.717, 1.165) is 11.1 Å². The molecular formula is C19H23Cl2NO3. The van der Waals surface area contributed by atoms with Crippen LogP contribution in [0.2, 0.25) is 10.0 Å². The number of aliphatic hydroxyl groups excluding tert-OH is 1. The SMILES string of the molecule is COc1cc(CNC(C)(C)CO)c(Cl)cc1OCc1ccccc1Cl. The molecule has 0 bridgehead atoms. The Morgan fingerprint density at radius 1 is 1.04 bits per heavy atom. The van der Waals surface area contributed by atoms with Crippen molar-refractivity contribution in [3.63, 3.8) is 0 Å². The van der Waals surface area contributed by atoms with Crippen molar-refractivity contribution >= 4 is 23.2 Å². The summed E-state index contributed by atoms with van der Waals surface area (Å²) in [5.41, 5.74) is 1.36. The second-order valence-electron chi connectivity index (χ2n) is 6.37. The molecule has 25 heavy (non-hydrogen) atoms. The van der Waals surface area contributed by atoms with Crippen molar-refractivity contribution in [3.05, 3.63) is 57.6 Å². The first-order valence-corrected chi connectivity index (χ1v) is 8.70. The molecule has 2 rings (SSSR count). The van der Waals surface area contributed by atoms with Gasteiger partial charge in [0.05, 0.1) is 13.7 Å². The van der Waals surface area contributed by atoms with Gasteiger partial charge in [-0.3, -0.25) is 0 Å². The zero-order valence-electron chi connectivity index (χ0n) is 14.6. The minimum Gasteiger partial charge on any atom is -0.493 e. The largest absolute Gasteiger partial charge is 0.493 e. The van der Waals surface area contributed by atoms with Crippen molar-refractivity contribution in [3.8, 4) is 11.5 Å². The molecule has 0 fully saturated rings. The van der Waals surface area contributed by atoms with Crippen LogP contribution in [0.3, 0.4) is 0 Å². The van der Waals surface area contributed by atoms with Gasteiger partial charge in [0.1, 0.15) is 6.61 Å². The molecule has 0 aliphatic carbocycles. The van der Waals surface area contributed by atoms with Crippen LogP contribution in [0.25, 0.3) is 0 Å². The molecule has 0 aromatic heterocycles. The third kappa shape index (κ3) is 5.51. The minimum absolute atomic E-state index is 0.0286. The number of halogens is 2. The summed E-state index contributed by atoms with van der Waals surface area (Å²) in [5.74, 6) is 1.15. The van der Waals surface area contributed by atoms with Gasteiger partial charge in [-0.25, -0.2) is 0 Å². The molecule has 0 saturated carbocycles. The lowest BCUT2D eigenvalue weighted by Crippen LogP contribution is -2.42. The Labute approximate surface area is 158 Å². The number of aliphatic hydroxyl groups is 1. The highest BCUT2D eigenvalue weighted by atomic mass is 35.5. The first-order chi connectivity index (χ1) is 11.9. The highest BCUT2D eigenvalue weighted by Gasteiger charge is 2.17. The Balaban J connectivity index is 2.14. The molecule has 0 atom stereocenters. The number of hydrogen-bond acceptors (Lipinski definition) is 4. The van der Waals surface area contributed by atoms with Gasteiger partial charge in [-0.1, -0.05) is 41.4 Å². The number of rotatable bonds is 8. The van der Waals surface area contributed by atoms with Crippen LogP contribution in [0.15, 0.2) is 36.4 Å². The summed E-state index contributed by atoms with van der Waals surface area (Å²) in [6, 6.07) is 11.1. The Bertz CT molecular complexity index is 720. The Morgan fingerprint density at radius 3 is 2.40 bits per heavy atom. The van der Waals surface area contributed by atoms with Gasteiger partial charge in [0.15, 0.2) is 11.5 Å². The number of nitrogens with one attached hydrogen (secondary N) is 1. The summed E-state index contributed by atoms with van der Waals surface area (Å²) in [6.07, 6.45) is 0. The van der Waals surface area contributed by atoms with E-state index in [-0.39, 0.29) is 6.61 Å². The third-order valence-electron chi connectivity index (χ3n) is 3.83. The lowest BCUT2D eigenvalue weighted by atomic mass is 10.1. The molecule has 0 spiro atoms. The standard InChI is InChI=1S/C19H23Cl2NO3/c1-19(2,12-23)22-10-14-8-17(24-3)18(9-16(14)21)25-11-13-6-4-5-7-15(13)20/h4-9,22-23H,10-12H2,1-3H3. The number of methoxy groups -OCH3 is 1. The van der Waals surface area contributed by atoms with Crippen LogP contribution in [0.4, 0.5) is 0 Å². The first kappa shape index (κ1) is 19.9. The van der Waals surface area contributed by atoms with Gasteiger partial charge in [-0.15, -0.1) is 0 Å². The normalized spacial score (nSPS) is 11.4. The summed E-state index contributed by atoms with van der Waals surface area (Å²) in [4.78, 5) is 0. The van der Waals surface area contributed by atoms with Crippen molar-refractivity contribution in [1.82, 2.24) is 5.32 Å². The first-order valence-electron chi connectivity index (χ1n) is 7.95. The third-order valence-corrected chi connectivity index (χ3v) is 4.55. The smallest absolute Gasteiger partial charge is 0.163 e. The van der Waals surface area contributed by atoms with E-state index in [1.807, 2.05) is 44.2 Å².